The van der Waals surface area contributed by atoms with Gasteiger partial charge in [-0.2, -0.15) is 0 Å². The van der Waals surface area contributed by atoms with Crippen LogP contribution in [0, 0.1) is 0 Å². The Morgan fingerprint density at radius 2 is 2.21 bits per heavy atom. The van der Waals surface area contributed by atoms with E-state index in [1.54, 1.807) is 24.4 Å². The van der Waals surface area contributed by atoms with Gasteiger partial charge in [0.05, 0.1) is 5.69 Å². The van der Waals surface area contributed by atoms with Crippen LogP contribution in [0.15, 0.2) is 30.6 Å². The summed E-state index contributed by atoms with van der Waals surface area (Å²) in [6, 6.07) is 5.07. The highest BCUT2D eigenvalue weighted by Gasteiger charge is 2.15. The quantitative estimate of drug-likeness (QED) is 0.848. The van der Waals surface area contributed by atoms with Crippen LogP contribution in [-0.4, -0.2) is 15.5 Å². The van der Waals surface area contributed by atoms with Crippen LogP contribution in [0.5, 0.6) is 0 Å². The summed E-state index contributed by atoms with van der Waals surface area (Å²) >= 11 is 5.77. The summed E-state index contributed by atoms with van der Waals surface area (Å²) < 4.78 is 1.83. The Labute approximate surface area is 116 Å². The maximum absolute atomic E-state index is 12.2. The molecule has 100 valence electrons. The molecule has 0 fully saturated rings. The molecule has 0 unspecified atom stereocenters. The summed E-state index contributed by atoms with van der Waals surface area (Å²) in [6.45, 7) is 3.97. The van der Waals surface area contributed by atoms with Gasteiger partial charge in [0.25, 0.3) is 5.91 Å². The fourth-order valence-corrected chi connectivity index (χ4v) is 1.96. The number of anilines is 2. The fourth-order valence-electron chi connectivity index (χ4n) is 1.79. The highest BCUT2D eigenvalue weighted by atomic mass is 35.5. The van der Waals surface area contributed by atoms with Crippen molar-refractivity contribution in [2.45, 2.75) is 19.9 Å². The Hall–Kier alpha value is -2.01. The van der Waals surface area contributed by atoms with Crippen LogP contribution in [0.1, 0.15) is 30.4 Å². The number of nitrogens with zero attached hydrogens (tertiary/aromatic N) is 2. The van der Waals surface area contributed by atoms with Crippen LogP contribution in [-0.2, 0) is 0 Å². The average molecular weight is 279 g/mol. The number of aromatic nitrogens is 2. The SMILES string of the molecule is CC(C)n1cc(N)cc1C(=O)Nc1ccnc(Cl)c1. The lowest BCUT2D eigenvalue weighted by Crippen LogP contribution is -2.17. The van der Waals surface area contributed by atoms with Gasteiger partial charge >= 0.3 is 0 Å². The smallest absolute Gasteiger partial charge is 0.272 e. The maximum Gasteiger partial charge on any atom is 0.272 e. The number of halogens is 1. The molecular weight excluding hydrogens is 264 g/mol. The van der Waals surface area contributed by atoms with Gasteiger partial charge in [-0.05, 0) is 32.0 Å². The molecule has 2 heterocycles. The molecule has 0 atom stereocenters. The van der Waals surface area contributed by atoms with Gasteiger partial charge in [0.15, 0.2) is 0 Å². The molecule has 0 aliphatic carbocycles. The van der Waals surface area contributed by atoms with Crippen molar-refractivity contribution >= 4 is 28.9 Å². The third-order valence-electron chi connectivity index (χ3n) is 2.64. The van der Waals surface area contributed by atoms with Gasteiger partial charge in [-0.25, -0.2) is 4.98 Å². The first-order chi connectivity index (χ1) is 8.97. The van der Waals surface area contributed by atoms with Gasteiger partial charge < -0.3 is 15.6 Å². The second-order valence-electron chi connectivity index (χ2n) is 4.48. The van der Waals surface area contributed by atoms with Gasteiger partial charge in [0.1, 0.15) is 10.8 Å². The molecule has 2 rings (SSSR count). The molecule has 0 bridgehead atoms. The number of rotatable bonds is 3. The van der Waals surface area contributed by atoms with Crippen LogP contribution in [0.25, 0.3) is 0 Å². The topological polar surface area (TPSA) is 72.9 Å². The van der Waals surface area contributed by atoms with Crippen molar-refractivity contribution < 1.29 is 4.79 Å². The number of carbonyl (C=O) groups excluding carboxylic acids is 1. The largest absolute Gasteiger partial charge is 0.397 e. The summed E-state index contributed by atoms with van der Waals surface area (Å²) in [5.41, 5.74) is 7.41. The minimum Gasteiger partial charge on any atom is -0.397 e. The highest BCUT2D eigenvalue weighted by molar-refractivity contribution is 6.29. The van der Waals surface area contributed by atoms with E-state index in [1.165, 1.54) is 6.20 Å². The molecule has 0 saturated carbocycles. The van der Waals surface area contributed by atoms with Crippen molar-refractivity contribution in [1.29, 1.82) is 0 Å². The van der Waals surface area contributed by atoms with E-state index in [4.69, 9.17) is 17.3 Å². The Bertz CT molecular complexity index is 606. The number of hydrogen-bond donors (Lipinski definition) is 2. The van der Waals surface area contributed by atoms with Crippen molar-refractivity contribution in [3.63, 3.8) is 0 Å². The van der Waals surface area contributed by atoms with Gasteiger partial charge in [-0.3, -0.25) is 4.79 Å². The number of pyridine rings is 1. The molecule has 19 heavy (non-hydrogen) atoms. The Kier molecular flexibility index (Phi) is 3.76. The predicted molar refractivity (Wildman–Crippen MR) is 76.4 cm³/mol. The summed E-state index contributed by atoms with van der Waals surface area (Å²) in [6.07, 6.45) is 3.28. The first-order valence-electron chi connectivity index (χ1n) is 5.87. The molecule has 2 aromatic heterocycles. The normalized spacial score (nSPS) is 10.7. The molecule has 0 spiro atoms. The van der Waals surface area contributed by atoms with E-state index in [9.17, 15) is 4.79 Å². The molecule has 1 amide bonds. The van der Waals surface area contributed by atoms with E-state index in [1.807, 2.05) is 18.4 Å². The number of amides is 1. The van der Waals surface area contributed by atoms with Crippen LogP contribution < -0.4 is 11.1 Å². The number of nitrogens with two attached hydrogens (primary N) is 1. The monoisotopic (exact) mass is 278 g/mol. The van der Waals surface area contributed by atoms with Crippen molar-refractivity contribution in [1.82, 2.24) is 9.55 Å². The molecule has 0 radical (unpaired) electrons. The minimum atomic E-state index is -0.229. The maximum atomic E-state index is 12.2. The molecule has 2 aromatic rings. The van der Waals surface area contributed by atoms with Crippen LogP contribution in [0.2, 0.25) is 5.15 Å². The van der Waals surface area contributed by atoms with Gasteiger partial charge in [0.2, 0.25) is 0 Å². The fraction of sp³-hybridized carbons (Fsp3) is 0.231. The zero-order valence-electron chi connectivity index (χ0n) is 10.7. The summed E-state index contributed by atoms with van der Waals surface area (Å²) in [5.74, 6) is -0.229. The third-order valence-corrected chi connectivity index (χ3v) is 2.85. The van der Waals surface area contributed by atoms with Crippen molar-refractivity contribution in [3.05, 3.63) is 41.4 Å². The lowest BCUT2D eigenvalue weighted by Gasteiger charge is -2.12. The molecule has 0 aliphatic heterocycles. The van der Waals surface area contributed by atoms with E-state index in [2.05, 4.69) is 10.3 Å². The second kappa shape index (κ2) is 5.32. The Balaban J connectivity index is 2.25. The van der Waals surface area contributed by atoms with Crippen molar-refractivity contribution in [2.24, 2.45) is 0 Å². The standard InChI is InChI=1S/C13H15ClN4O/c1-8(2)18-7-9(15)5-11(18)13(19)17-10-3-4-16-12(14)6-10/h3-8H,15H2,1-2H3,(H,16,17,19). The zero-order chi connectivity index (χ0) is 14.0. The van der Waals surface area contributed by atoms with Gasteiger partial charge in [0, 0.05) is 24.1 Å². The molecule has 3 N–H and O–H groups in total. The minimum absolute atomic E-state index is 0.152. The van der Waals surface area contributed by atoms with Crippen molar-refractivity contribution in [3.8, 4) is 0 Å². The van der Waals surface area contributed by atoms with Crippen LogP contribution in [0.3, 0.4) is 0 Å². The highest BCUT2D eigenvalue weighted by Crippen LogP contribution is 2.19. The van der Waals surface area contributed by atoms with Crippen LogP contribution in [0.4, 0.5) is 11.4 Å². The Morgan fingerprint density at radius 1 is 1.47 bits per heavy atom. The molecule has 6 heteroatoms. The van der Waals surface area contributed by atoms with E-state index in [-0.39, 0.29) is 11.9 Å². The zero-order valence-corrected chi connectivity index (χ0v) is 11.5. The number of carbonyl (C=O) groups is 1. The first-order valence-corrected chi connectivity index (χ1v) is 6.25. The van der Waals surface area contributed by atoms with Crippen LogP contribution >= 0.6 is 11.6 Å². The van der Waals surface area contributed by atoms with Gasteiger partial charge in [-0.15, -0.1) is 0 Å². The van der Waals surface area contributed by atoms with E-state index < -0.39 is 0 Å². The predicted octanol–water partition coefficient (Wildman–Crippen LogP) is 2.95. The van der Waals surface area contributed by atoms with Gasteiger partial charge in [-0.1, -0.05) is 11.6 Å². The number of nitrogen functional groups attached to an aromatic ring is 1. The third kappa shape index (κ3) is 3.06. The number of nitrogens with one attached hydrogen (secondary N) is 1. The van der Waals surface area contributed by atoms with Crippen molar-refractivity contribution in [2.75, 3.05) is 11.1 Å². The Morgan fingerprint density at radius 3 is 2.84 bits per heavy atom. The lowest BCUT2D eigenvalue weighted by atomic mass is 10.3. The lowest BCUT2D eigenvalue weighted by molar-refractivity contribution is 0.101. The average Bonchev–Trinajstić information content (AvgIpc) is 2.71. The molecular formula is C13H15ClN4O. The summed E-state index contributed by atoms with van der Waals surface area (Å²) in [4.78, 5) is 16.1. The molecule has 0 aromatic carbocycles. The van der Waals surface area contributed by atoms with E-state index in [0.717, 1.165) is 0 Å². The molecule has 0 aliphatic rings. The number of hydrogen-bond acceptors (Lipinski definition) is 3. The van der Waals surface area contributed by atoms with E-state index >= 15 is 0 Å². The molecule has 5 nitrogen and oxygen atoms in total. The second-order valence-corrected chi connectivity index (χ2v) is 4.87. The summed E-state index contributed by atoms with van der Waals surface area (Å²) in [7, 11) is 0. The van der Waals surface area contributed by atoms with E-state index in [0.29, 0.717) is 22.2 Å². The summed E-state index contributed by atoms with van der Waals surface area (Å²) in [5, 5.41) is 3.10. The first kappa shape index (κ1) is 13.4. The molecule has 0 saturated heterocycles.